The van der Waals surface area contributed by atoms with Crippen LogP contribution in [-0.2, 0) is 22.0 Å². The quantitative estimate of drug-likeness (QED) is 0.773. The summed E-state index contributed by atoms with van der Waals surface area (Å²) in [5.41, 5.74) is 1.47. The summed E-state index contributed by atoms with van der Waals surface area (Å²) in [6.07, 6.45) is 2.34. The zero-order valence-electron chi connectivity index (χ0n) is 15.8. The summed E-state index contributed by atoms with van der Waals surface area (Å²) in [7, 11) is -3.98. The number of aromatic nitrogens is 1. The predicted octanol–water partition coefficient (Wildman–Crippen LogP) is 4.30. The van der Waals surface area contributed by atoms with Crippen LogP contribution in [0.25, 0.3) is 0 Å². The standard InChI is InChI=1S/C19H25FN2O2S2/c1-12-6-9-15(20)10-16(12)26(23,24)21-18-22(11-14-7-8-14)13(2)17(25-18)19(3,4)5/h6,9-10,14H,7-8,11H2,1-5H3. The number of hydrogen-bond acceptors (Lipinski definition) is 3. The van der Waals surface area contributed by atoms with Gasteiger partial charge in [-0.1, -0.05) is 26.8 Å². The molecule has 0 amide bonds. The van der Waals surface area contributed by atoms with Gasteiger partial charge in [-0.3, -0.25) is 0 Å². The van der Waals surface area contributed by atoms with E-state index in [1.54, 1.807) is 6.92 Å². The minimum absolute atomic E-state index is 0.0705. The molecule has 1 aromatic carbocycles. The Morgan fingerprint density at radius 2 is 1.92 bits per heavy atom. The van der Waals surface area contributed by atoms with Gasteiger partial charge in [0.25, 0.3) is 10.0 Å². The predicted molar refractivity (Wildman–Crippen MR) is 102 cm³/mol. The highest BCUT2D eigenvalue weighted by molar-refractivity contribution is 7.90. The molecule has 142 valence electrons. The van der Waals surface area contributed by atoms with Gasteiger partial charge in [0.1, 0.15) is 5.82 Å². The molecule has 0 spiro atoms. The van der Waals surface area contributed by atoms with Crippen molar-refractivity contribution in [3.8, 4) is 0 Å². The number of halogens is 1. The normalized spacial score (nSPS) is 16.3. The van der Waals surface area contributed by atoms with Crippen LogP contribution in [0.3, 0.4) is 0 Å². The van der Waals surface area contributed by atoms with Crippen molar-refractivity contribution in [1.29, 1.82) is 0 Å². The molecule has 1 saturated carbocycles. The van der Waals surface area contributed by atoms with Crippen LogP contribution < -0.4 is 4.80 Å². The monoisotopic (exact) mass is 396 g/mol. The van der Waals surface area contributed by atoms with E-state index in [-0.39, 0.29) is 10.3 Å². The lowest BCUT2D eigenvalue weighted by molar-refractivity contribution is 0.562. The number of thiazole rings is 1. The van der Waals surface area contributed by atoms with Gasteiger partial charge in [-0.05, 0) is 55.7 Å². The molecule has 1 heterocycles. The van der Waals surface area contributed by atoms with Crippen LogP contribution in [0.2, 0.25) is 0 Å². The third-order valence-corrected chi connectivity index (χ3v) is 7.73. The van der Waals surface area contributed by atoms with Crippen molar-refractivity contribution in [2.75, 3.05) is 0 Å². The number of hydrogen-bond donors (Lipinski definition) is 0. The Labute approximate surface area is 158 Å². The fourth-order valence-corrected chi connectivity index (χ4v) is 5.68. The van der Waals surface area contributed by atoms with E-state index in [4.69, 9.17) is 0 Å². The van der Waals surface area contributed by atoms with Crippen LogP contribution in [0, 0.1) is 25.6 Å². The second-order valence-electron chi connectivity index (χ2n) is 8.08. The molecule has 1 fully saturated rings. The Morgan fingerprint density at radius 3 is 2.50 bits per heavy atom. The number of sulfonamides is 1. The molecule has 0 radical (unpaired) electrons. The highest BCUT2D eigenvalue weighted by Crippen LogP contribution is 2.33. The minimum atomic E-state index is -3.98. The molecule has 1 aromatic heterocycles. The maximum atomic E-state index is 13.6. The summed E-state index contributed by atoms with van der Waals surface area (Å²) in [6, 6.07) is 3.77. The molecule has 0 aliphatic heterocycles. The lowest BCUT2D eigenvalue weighted by Gasteiger charge is -2.17. The van der Waals surface area contributed by atoms with Gasteiger partial charge >= 0.3 is 0 Å². The largest absolute Gasteiger partial charge is 0.320 e. The van der Waals surface area contributed by atoms with Crippen molar-refractivity contribution < 1.29 is 12.8 Å². The van der Waals surface area contributed by atoms with E-state index in [0.29, 0.717) is 16.3 Å². The van der Waals surface area contributed by atoms with Crippen molar-refractivity contribution in [1.82, 2.24) is 4.57 Å². The molecular formula is C19H25FN2O2S2. The van der Waals surface area contributed by atoms with Gasteiger partial charge in [-0.25, -0.2) is 4.39 Å². The van der Waals surface area contributed by atoms with Crippen LogP contribution in [0.4, 0.5) is 4.39 Å². The zero-order valence-corrected chi connectivity index (χ0v) is 17.5. The molecule has 0 unspecified atom stereocenters. The van der Waals surface area contributed by atoms with Gasteiger partial charge in [0.15, 0.2) is 0 Å². The Hall–Kier alpha value is -1.47. The Bertz CT molecular complexity index is 1010. The van der Waals surface area contributed by atoms with E-state index >= 15 is 0 Å². The van der Waals surface area contributed by atoms with Crippen molar-refractivity contribution in [2.24, 2.45) is 10.3 Å². The summed E-state index contributed by atoms with van der Waals surface area (Å²) in [5, 5.41) is 0. The van der Waals surface area contributed by atoms with Gasteiger partial charge in [0, 0.05) is 17.1 Å². The Balaban J connectivity index is 2.19. The summed E-state index contributed by atoms with van der Waals surface area (Å²) in [4.78, 5) is 1.53. The fourth-order valence-electron chi connectivity index (χ4n) is 3.03. The van der Waals surface area contributed by atoms with E-state index in [1.165, 1.54) is 36.3 Å². The van der Waals surface area contributed by atoms with Gasteiger partial charge in [-0.15, -0.1) is 15.7 Å². The summed E-state index contributed by atoms with van der Waals surface area (Å²) >= 11 is 1.42. The molecule has 1 aliphatic rings. The van der Waals surface area contributed by atoms with E-state index < -0.39 is 15.8 Å². The molecule has 0 atom stereocenters. The van der Waals surface area contributed by atoms with Crippen LogP contribution >= 0.6 is 11.3 Å². The van der Waals surface area contributed by atoms with E-state index in [9.17, 15) is 12.8 Å². The molecule has 0 N–H and O–H groups in total. The van der Waals surface area contributed by atoms with Crippen LogP contribution in [0.1, 0.15) is 49.7 Å². The maximum absolute atomic E-state index is 13.6. The summed E-state index contributed by atoms with van der Waals surface area (Å²) in [6.45, 7) is 10.8. The highest BCUT2D eigenvalue weighted by Gasteiger charge is 2.28. The minimum Gasteiger partial charge on any atom is -0.320 e. The van der Waals surface area contributed by atoms with E-state index in [0.717, 1.165) is 23.2 Å². The molecule has 0 bridgehead atoms. The van der Waals surface area contributed by atoms with Gasteiger partial charge in [-0.2, -0.15) is 8.42 Å². The molecule has 1 aliphatic carbocycles. The summed E-state index contributed by atoms with van der Waals surface area (Å²) in [5.74, 6) is 0.0154. The molecule has 2 aromatic rings. The number of nitrogens with zero attached hydrogens (tertiary/aromatic N) is 2. The molecule has 0 saturated heterocycles. The third-order valence-electron chi connectivity index (χ3n) is 4.60. The first-order chi connectivity index (χ1) is 12.0. The fraction of sp³-hybridized carbons (Fsp3) is 0.526. The van der Waals surface area contributed by atoms with Crippen LogP contribution in [0.15, 0.2) is 27.5 Å². The molecule has 3 rings (SSSR count). The molecule has 26 heavy (non-hydrogen) atoms. The maximum Gasteiger partial charge on any atom is 0.285 e. The first kappa shape index (κ1) is 19.3. The average Bonchev–Trinajstić information content (AvgIpc) is 3.28. The summed E-state index contributed by atoms with van der Waals surface area (Å²) < 4.78 is 45.5. The first-order valence-electron chi connectivity index (χ1n) is 8.77. The van der Waals surface area contributed by atoms with Crippen molar-refractivity contribution in [3.63, 3.8) is 0 Å². The van der Waals surface area contributed by atoms with Gasteiger partial charge < -0.3 is 4.57 Å². The Kier molecular flexibility index (Phi) is 4.90. The topological polar surface area (TPSA) is 51.4 Å². The Morgan fingerprint density at radius 1 is 1.27 bits per heavy atom. The lowest BCUT2D eigenvalue weighted by atomic mass is 9.93. The number of aryl methyl sites for hydroxylation is 1. The second kappa shape index (κ2) is 6.60. The zero-order chi connectivity index (χ0) is 19.3. The average molecular weight is 397 g/mol. The molecule has 4 nitrogen and oxygen atoms in total. The van der Waals surface area contributed by atoms with Crippen LogP contribution in [0.5, 0.6) is 0 Å². The molecule has 7 heteroatoms. The smallest absolute Gasteiger partial charge is 0.285 e. The lowest BCUT2D eigenvalue weighted by Crippen LogP contribution is -2.20. The van der Waals surface area contributed by atoms with Gasteiger partial charge in [0.05, 0.1) is 4.90 Å². The third kappa shape index (κ3) is 3.93. The van der Waals surface area contributed by atoms with Crippen molar-refractivity contribution in [3.05, 3.63) is 45.0 Å². The van der Waals surface area contributed by atoms with Gasteiger partial charge in [0.2, 0.25) is 4.80 Å². The van der Waals surface area contributed by atoms with Crippen molar-refractivity contribution >= 4 is 21.4 Å². The van der Waals surface area contributed by atoms with Crippen molar-refractivity contribution in [2.45, 2.75) is 64.3 Å². The second-order valence-corrected chi connectivity index (χ2v) is 10.6. The number of rotatable bonds is 4. The van der Waals surface area contributed by atoms with E-state index in [1.807, 2.05) is 11.5 Å². The number of benzene rings is 1. The highest BCUT2D eigenvalue weighted by atomic mass is 32.2. The first-order valence-corrected chi connectivity index (χ1v) is 11.0. The van der Waals surface area contributed by atoms with E-state index in [2.05, 4.69) is 25.2 Å². The SMILES string of the molecule is Cc1ccc(F)cc1S(=O)(=O)N=c1sc(C(C)(C)C)c(C)n1CC1CC1. The molecular weight excluding hydrogens is 371 g/mol. The van der Waals surface area contributed by atoms with Crippen LogP contribution in [-0.4, -0.2) is 13.0 Å².